The molecule has 0 radical (unpaired) electrons. The number of amides is 1. The van der Waals surface area contributed by atoms with Crippen LogP contribution in [0.1, 0.15) is 29.8 Å². The molecule has 30 heavy (non-hydrogen) atoms. The van der Waals surface area contributed by atoms with Crippen molar-refractivity contribution in [1.29, 1.82) is 0 Å². The van der Waals surface area contributed by atoms with Gasteiger partial charge in [-0.1, -0.05) is 0 Å². The molecule has 0 saturated carbocycles. The van der Waals surface area contributed by atoms with Crippen molar-refractivity contribution in [3.8, 4) is 5.75 Å². The summed E-state index contributed by atoms with van der Waals surface area (Å²) >= 11 is 0. The van der Waals surface area contributed by atoms with E-state index in [2.05, 4.69) is 4.98 Å². The first kappa shape index (κ1) is 20.1. The Morgan fingerprint density at radius 3 is 2.73 bits per heavy atom. The number of rotatable bonds is 5. The maximum atomic E-state index is 13.0. The van der Waals surface area contributed by atoms with Crippen LogP contribution in [0.15, 0.2) is 58.0 Å². The van der Waals surface area contributed by atoms with Crippen molar-refractivity contribution >= 4 is 16.9 Å². The van der Waals surface area contributed by atoms with Crippen molar-refractivity contribution in [3.63, 3.8) is 0 Å². The summed E-state index contributed by atoms with van der Waals surface area (Å²) in [4.78, 5) is 31.0. The second-order valence-electron chi connectivity index (χ2n) is 7.91. The first-order valence-corrected chi connectivity index (χ1v) is 10.0. The molecule has 1 amide bonds. The average Bonchev–Trinajstić information content (AvgIpc) is 3.07. The normalized spacial score (nSPS) is 18.9. The van der Waals surface area contributed by atoms with Gasteiger partial charge >= 0.3 is 5.63 Å². The van der Waals surface area contributed by atoms with Gasteiger partial charge in [-0.15, -0.1) is 0 Å². The molecule has 1 aliphatic rings. The van der Waals surface area contributed by atoms with E-state index in [1.54, 1.807) is 36.7 Å². The van der Waals surface area contributed by atoms with E-state index in [0.717, 1.165) is 5.56 Å². The number of aliphatic hydroxyl groups excluding tert-OH is 1. The molecule has 1 saturated heterocycles. The largest absolute Gasteiger partial charge is 0.491 e. The third kappa shape index (κ3) is 4.21. The Bertz CT molecular complexity index is 1110. The molecule has 3 aromatic rings. The number of hydrogen-bond donors (Lipinski definition) is 1. The molecule has 0 spiro atoms. The SMILES string of the molecule is CC(C)Oc1ccc2cc(C(=O)N3C[C@@H](Cc4ccncc4)[C@@H](O)C3)c(=O)oc2c1. The van der Waals surface area contributed by atoms with E-state index in [4.69, 9.17) is 9.15 Å². The van der Waals surface area contributed by atoms with Gasteiger partial charge in [-0.05, 0) is 56.2 Å². The number of aromatic nitrogens is 1. The van der Waals surface area contributed by atoms with Crippen molar-refractivity contribution in [2.24, 2.45) is 5.92 Å². The van der Waals surface area contributed by atoms with Crippen LogP contribution in [0.3, 0.4) is 0 Å². The van der Waals surface area contributed by atoms with Crippen molar-refractivity contribution < 1.29 is 19.1 Å². The van der Waals surface area contributed by atoms with Crippen LogP contribution in [0, 0.1) is 5.92 Å². The third-order valence-electron chi connectivity index (χ3n) is 5.25. The number of carbonyl (C=O) groups excluding carboxylic acids is 1. The first-order valence-electron chi connectivity index (χ1n) is 10.0. The number of fused-ring (bicyclic) bond motifs is 1. The molecular weight excluding hydrogens is 384 g/mol. The van der Waals surface area contributed by atoms with Crippen LogP contribution < -0.4 is 10.4 Å². The van der Waals surface area contributed by atoms with Crippen LogP contribution in [-0.2, 0) is 6.42 Å². The minimum atomic E-state index is -0.693. The van der Waals surface area contributed by atoms with Gasteiger partial charge in [0, 0.05) is 42.9 Å². The molecule has 4 rings (SSSR count). The van der Waals surface area contributed by atoms with Crippen LogP contribution in [0.2, 0.25) is 0 Å². The van der Waals surface area contributed by atoms with Crippen LogP contribution in [0.5, 0.6) is 5.75 Å². The molecule has 0 bridgehead atoms. The molecule has 0 aliphatic carbocycles. The molecular formula is C23H24N2O5. The van der Waals surface area contributed by atoms with Crippen LogP contribution in [0.25, 0.3) is 11.0 Å². The van der Waals surface area contributed by atoms with E-state index in [1.807, 2.05) is 26.0 Å². The Kier molecular flexibility index (Phi) is 5.55. The predicted molar refractivity (Wildman–Crippen MR) is 112 cm³/mol. The van der Waals surface area contributed by atoms with Gasteiger partial charge in [-0.2, -0.15) is 0 Å². The zero-order valence-corrected chi connectivity index (χ0v) is 16.9. The summed E-state index contributed by atoms with van der Waals surface area (Å²) < 4.78 is 11.0. The molecule has 3 heterocycles. The lowest BCUT2D eigenvalue weighted by molar-refractivity contribution is 0.0760. The van der Waals surface area contributed by atoms with E-state index in [1.165, 1.54) is 4.90 Å². The van der Waals surface area contributed by atoms with Gasteiger partial charge < -0.3 is 19.2 Å². The van der Waals surface area contributed by atoms with Gasteiger partial charge in [0.05, 0.1) is 12.2 Å². The lowest BCUT2D eigenvalue weighted by atomic mass is 9.97. The smallest absolute Gasteiger partial charge is 0.349 e. The summed E-state index contributed by atoms with van der Waals surface area (Å²) in [5.74, 6) is 0.0744. The zero-order chi connectivity index (χ0) is 21.3. The van der Waals surface area contributed by atoms with E-state index in [0.29, 0.717) is 29.7 Å². The highest BCUT2D eigenvalue weighted by atomic mass is 16.5. The van der Waals surface area contributed by atoms with Gasteiger partial charge in [0.25, 0.3) is 5.91 Å². The Labute approximate surface area is 173 Å². The van der Waals surface area contributed by atoms with Crippen LogP contribution in [-0.4, -0.2) is 46.2 Å². The molecule has 7 nitrogen and oxygen atoms in total. The minimum absolute atomic E-state index is 0.00304. The van der Waals surface area contributed by atoms with Crippen molar-refractivity contribution in [2.75, 3.05) is 13.1 Å². The van der Waals surface area contributed by atoms with Gasteiger partial charge in [-0.25, -0.2) is 4.79 Å². The Hall–Kier alpha value is -3.19. The highest BCUT2D eigenvalue weighted by Gasteiger charge is 2.35. The van der Waals surface area contributed by atoms with E-state index < -0.39 is 17.6 Å². The van der Waals surface area contributed by atoms with Crippen molar-refractivity contribution in [2.45, 2.75) is 32.5 Å². The average molecular weight is 408 g/mol. The summed E-state index contributed by atoms with van der Waals surface area (Å²) in [6.07, 6.45) is 3.40. The fraction of sp³-hybridized carbons (Fsp3) is 0.348. The molecule has 0 unspecified atom stereocenters. The molecule has 1 N–H and O–H groups in total. The number of ether oxygens (including phenoxy) is 1. The summed E-state index contributed by atoms with van der Waals surface area (Å²) in [6.45, 7) is 4.39. The molecule has 1 fully saturated rings. The van der Waals surface area contributed by atoms with Crippen LogP contribution >= 0.6 is 0 Å². The third-order valence-corrected chi connectivity index (χ3v) is 5.25. The van der Waals surface area contributed by atoms with Gasteiger partial charge in [-0.3, -0.25) is 9.78 Å². The molecule has 1 aliphatic heterocycles. The Morgan fingerprint density at radius 1 is 1.23 bits per heavy atom. The fourth-order valence-corrected chi connectivity index (χ4v) is 3.80. The lowest BCUT2D eigenvalue weighted by Crippen LogP contribution is -2.33. The van der Waals surface area contributed by atoms with E-state index in [9.17, 15) is 14.7 Å². The van der Waals surface area contributed by atoms with E-state index in [-0.39, 0.29) is 24.1 Å². The molecule has 156 valence electrons. The highest BCUT2D eigenvalue weighted by molar-refractivity contribution is 5.97. The minimum Gasteiger partial charge on any atom is -0.491 e. The first-order chi connectivity index (χ1) is 14.4. The van der Waals surface area contributed by atoms with Crippen molar-refractivity contribution in [3.05, 3.63) is 70.3 Å². The number of β-amino-alcohol motifs (C(OH)–C–C–N with tert-alkyl or cyclic N) is 1. The number of pyridine rings is 1. The number of likely N-dealkylation sites (tertiary alicyclic amines) is 1. The molecule has 1 aromatic carbocycles. The standard InChI is InChI=1S/C23H24N2O5/c1-14(2)29-18-4-3-16-10-19(23(28)30-21(16)11-18)22(27)25-12-17(20(26)13-25)9-15-5-7-24-8-6-15/h3-8,10-11,14,17,20,26H,9,12-13H2,1-2H3/t17-,20+/m1/s1. The second kappa shape index (κ2) is 8.28. The molecule has 2 atom stereocenters. The molecule has 7 heteroatoms. The van der Waals surface area contributed by atoms with Gasteiger partial charge in [0.1, 0.15) is 16.9 Å². The molecule has 2 aromatic heterocycles. The Morgan fingerprint density at radius 2 is 2.00 bits per heavy atom. The summed E-state index contributed by atoms with van der Waals surface area (Å²) in [7, 11) is 0. The number of carbonyl (C=O) groups is 1. The van der Waals surface area contributed by atoms with Gasteiger partial charge in [0.15, 0.2) is 0 Å². The zero-order valence-electron chi connectivity index (χ0n) is 16.9. The number of hydrogen-bond acceptors (Lipinski definition) is 6. The fourth-order valence-electron chi connectivity index (χ4n) is 3.80. The summed E-state index contributed by atoms with van der Waals surface area (Å²) in [5, 5.41) is 11.1. The maximum absolute atomic E-state index is 13.0. The summed E-state index contributed by atoms with van der Waals surface area (Å²) in [6, 6.07) is 10.5. The van der Waals surface area contributed by atoms with Crippen molar-refractivity contribution in [1.82, 2.24) is 9.88 Å². The Balaban J connectivity index is 1.54. The summed E-state index contributed by atoms with van der Waals surface area (Å²) in [5.41, 5.74) is 0.692. The highest BCUT2D eigenvalue weighted by Crippen LogP contribution is 2.25. The second-order valence-corrected chi connectivity index (χ2v) is 7.91. The number of aliphatic hydroxyl groups is 1. The number of benzene rings is 1. The lowest BCUT2D eigenvalue weighted by Gasteiger charge is -2.16. The monoisotopic (exact) mass is 408 g/mol. The van der Waals surface area contributed by atoms with E-state index >= 15 is 0 Å². The topological polar surface area (TPSA) is 92.9 Å². The maximum Gasteiger partial charge on any atom is 0.349 e. The van der Waals surface area contributed by atoms with Crippen LogP contribution in [0.4, 0.5) is 0 Å². The van der Waals surface area contributed by atoms with Gasteiger partial charge in [0.2, 0.25) is 0 Å². The number of nitrogens with zero attached hydrogens (tertiary/aromatic N) is 2. The quantitative estimate of drug-likeness (QED) is 0.653. The predicted octanol–water partition coefficient (Wildman–Crippen LogP) is 2.65.